The van der Waals surface area contributed by atoms with Crippen LogP contribution in [0.5, 0.6) is 0 Å². The molecule has 0 unspecified atom stereocenters. The Kier molecular flexibility index (Phi) is 8.32. The van der Waals surface area contributed by atoms with E-state index >= 15 is 0 Å². The van der Waals surface area contributed by atoms with E-state index in [2.05, 4.69) is 99.0 Å². The first-order chi connectivity index (χ1) is 15.4. The van der Waals surface area contributed by atoms with Gasteiger partial charge in [0.2, 0.25) is 0 Å². The normalized spacial score (nSPS) is 11.2. The fourth-order valence-corrected chi connectivity index (χ4v) is 3.84. The minimum Gasteiger partial charge on any atom is -0.385 e. The molecule has 3 rings (SSSR count). The van der Waals surface area contributed by atoms with Crippen molar-refractivity contribution in [3.63, 3.8) is 0 Å². The van der Waals surface area contributed by atoms with Crippen LogP contribution >= 0.6 is 0 Å². The van der Waals surface area contributed by atoms with E-state index in [0.29, 0.717) is 24.9 Å². The first kappa shape index (κ1) is 23.8. The molecule has 0 atom stereocenters. The van der Waals surface area contributed by atoms with E-state index < -0.39 is 0 Å². The maximum absolute atomic E-state index is 6.18. The molecule has 0 amide bonds. The molecule has 0 aliphatic heterocycles. The summed E-state index contributed by atoms with van der Waals surface area (Å²) < 4.78 is 0. The fourth-order valence-electron chi connectivity index (χ4n) is 3.84. The predicted octanol–water partition coefficient (Wildman–Crippen LogP) is 6.07. The summed E-state index contributed by atoms with van der Waals surface area (Å²) in [6.07, 6.45) is 0. The Morgan fingerprint density at radius 1 is 0.562 bits per heavy atom. The molecule has 6 N–H and O–H groups in total. The highest BCUT2D eigenvalue weighted by Crippen LogP contribution is 2.38. The Bertz CT molecular complexity index is 907. The second-order valence-corrected chi connectivity index (χ2v) is 9.25. The molecule has 0 bridgehead atoms. The van der Waals surface area contributed by atoms with Crippen LogP contribution in [-0.2, 0) is 13.1 Å². The van der Waals surface area contributed by atoms with Crippen LogP contribution in [0.3, 0.4) is 0 Å². The Labute approximate surface area is 193 Å². The molecule has 0 saturated carbocycles. The average Bonchev–Trinajstić information content (AvgIpc) is 2.81. The molecule has 0 saturated heterocycles. The molecule has 0 aliphatic carbocycles. The molecule has 0 fully saturated rings. The van der Waals surface area contributed by atoms with Crippen LogP contribution in [0.2, 0.25) is 0 Å². The highest BCUT2D eigenvalue weighted by atomic mass is 14.9. The van der Waals surface area contributed by atoms with Crippen molar-refractivity contribution < 1.29 is 0 Å². The number of hydrogen-bond acceptors (Lipinski definition) is 4. The molecule has 4 heteroatoms. The highest BCUT2D eigenvalue weighted by molar-refractivity contribution is 5.88. The molecule has 0 heterocycles. The molecule has 3 aromatic rings. The molecule has 4 nitrogen and oxygen atoms in total. The second-order valence-electron chi connectivity index (χ2n) is 9.25. The Hall–Kier alpha value is -2.82. The highest BCUT2D eigenvalue weighted by Gasteiger charge is 2.16. The van der Waals surface area contributed by atoms with E-state index in [9.17, 15) is 0 Å². The van der Waals surface area contributed by atoms with E-state index in [1.54, 1.807) is 0 Å². The summed E-state index contributed by atoms with van der Waals surface area (Å²) in [7, 11) is 0. The first-order valence-corrected chi connectivity index (χ1v) is 11.7. The van der Waals surface area contributed by atoms with E-state index in [-0.39, 0.29) is 0 Å². The van der Waals surface area contributed by atoms with Gasteiger partial charge in [-0.25, -0.2) is 0 Å². The number of hydrogen-bond donors (Lipinski definition) is 4. The van der Waals surface area contributed by atoms with Crippen LogP contribution in [0.4, 0.5) is 11.4 Å². The lowest BCUT2D eigenvalue weighted by atomic mass is 9.86. The molecule has 170 valence electrons. The van der Waals surface area contributed by atoms with Crippen molar-refractivity contribution in [3.8, 4) is 22.3 Å². The maximum atomic E-state index is 6.18. The molecule has 0 radical (unpaired) electrons. The molecule has 0 aliphatic rings. The molecular formula is C28H38N4. The van der Waals surface area contributed by atoms with E-state index in [1.165, 1.54) is 11.1 Å². The smallest absolute Gasteiger partial charge is 0.0340 e. The summed E-state index contributed by atoms with van der Waals surface area (Å²) in [6, 6.07) is 21.5. The van der Waals surface area contributed by atoms with Crippen LogP contribution in [0.1, 0.15) is 38.8 Å². The molecule has 3 aromatic carbocycles. The van der Waals surface area contributed by atoms with Crippen LogP contribution in [-0.4, -0.2) is 13.1 Å². The largest absolute Gasteiger partial charge is 0.385 e. The summed E-state index contributed by atoms with van der Waals surface area (Å²) in [5.74, 6) is 1.20. The van der Waals surface area contributed by atoms with Crippen LogP contribution in [0.25, 0.3) is 22.3 Å². The van der Waals surface area contributed by atoms with Crippen LogP contribution in [0.15, 0.2) is 60.7 Å². The predicted molar refractivity (Wildman–Crippen MR) is 140 cm³/mol. The van der Waals surface area contributed by atoms with Gasteiger partial charge in [0.05, 0.1) is 0 Å². The molecule has 32 heavy (non-hydrogen) atoms. The summed E-state index contributed by atoms with van der Waals surface area (Å²) in [5.41, 5.74) is 21.5. The number of rotatable bonds is 10. The molecule has 0 spiro atoms. The first-order valence-electron chi connectivity index (χ1n) is 11.7. The zero-order chi connectivity index (χ0) is 23.1. The van der Waals surface area contributed by atoms with Crippen molar-refractivity contribution >= 4 is 11.4 Å². The number of nitrogens with two attached hydrogens (primary N) is 2. The lowest BCUT2D eigenvalue weighted by Gasteiger charge is -2.20. The Morgan fingerprint density at radius 2 is 0.906 bits per heavy atom. The van der Waals surface area contributed by atoms with Gasteiger partial charge in [0.15, 0.2) is 0 Å². The lowest BCUT2D eigenvalue weighted by Crippen LogP contribution is -2.08. The maximum Gasteiger partial charge on any atom is 0.0340 e. The second kappa shape index (κ2) is 11.2. The minimum absolute atomic E-state index is 0.481. The quantitative estimate of drug-likeness (QED) is 0.315. The van der Waals surface area contributed by atoms with Crippen LogP contribution in [0, 0.1) is 11.8 Å². The van der Waals surface area contributed by atoms with Gasteiger partial charge in [-0.2, -0.15) is 0 Å². The van der Waals surface area contributed by atoms with Gasteiger partial charge >= 0.3 is 0 Å². The monoisotopic (exact) mass is 430 g/mol. The Morgan fingerprint density at radius 3 is 1.19 bits per heavy atom. The van der Waals surface area contributed by atoms with E-state index in [0.717, 1.165) is 46.7 Å². The zero-order valence-corrected chi connectivity index (χ0v) is 19.9. The van der Waals surface area contributed by atoms with Crippen molar-refractivity contribution in [2.75, 3.05) is 23.7 Å². The molecular weight excluding hydrogens is 392 g/mol. The topological polar surface area (TPSA) is 76.1 Å². The van der Waals surface area contributed by atoms with Gasteiger partial charge in [0, 0.05) is 37.6 Å². The minimum atomic E-state index is 0.481. The van der Waals surface area contributed by atoms with Crippen molar-refractivity contribution in [1.29, 1.82) is 0 Å². The molecule has 0 aromatic heterocycles. The van der Waals surface area contributed by atoms with E-state index in [1.807, 2.05) is 0 Å². The van der Waals surface area contributed by atoms with Gasteiger partial charge in [-0.15, -0.1) is 0 Å². The van der Waals surface area contributed by atoms with Gasteiger partial charge < -0.3 is 22.1 Å². The summed E-state index contributed by atoms with van der Waals surface area (Å²) >= 11 is 0. The summed E-state index contributed by atoms with van der Waals surface area (Å²) in [5, 5.41) is 6.99. The van der Waals surface area contributed by atoms with Crippen molar-refractivity contribution in [2.24, 2.45) is 23.3 Å². The van der Waals surface area contributed by atoms with Gasteiger partial charge in [-0.05, 0) is 69.5 Å². The lowest BCUT2D eigenvalue weighted by molar-refractivity contribution is 0.689. The van der Waals surface area contributed by atoms with Gasteiger partial charge in [-0.1, -0.05) is 64.1 Å². The zero-order valence-electron chi connectivity index (χ0n) is 19.9. The standard InChI is InChI=1S/C28H38N4/c1-19(2)17-31-25-11-7-21(8-12-25)27-23(15-29)5-6-24(16-30)28(27)22-9-13-26(14-10-22)32-18-20(3)4/h5-14,19-20,31-32H,15-18,29-30H2,1-4H3. The van der Waals surface area contributed by atoms with Gasteiger partial charge in [-0.3, -0.25) is 0 Å². The summed E-state index contributed by atoms with van der Waals surface area (Å²) in [4.78, 5) is 0. The summed E-state index contributed by atoms with van der Waals surface area (Å²) in [6.45, 7) is 11.7. The van der Waals surface area contributed by atoms with Crippen molar-refractivity contribution in [1.82, 2.24) is 0 Å². The van der Waals surface area contributed by atoms with Gasteiger partial charge in [0.25, 0.3) is 0 Å². The average molecular weight is 431 g/mol. The fraction of sp³-hybridized carbons (Fsp3) is 0.357. The number of benzene rings is 3. The van der Waals surface area contributed by atoms with Crippen molar-refractivity contribution in [3.05, 3.63) is 71.8 Å². The van der Waals surface area contributed by atoms with Crippen LogP contribution < -0.4 is 22.1 Å². The van der Waals surface area contributed by atoms with Crippen molar-refractivity contribution in [2.45, 2.75) is 40.8 Å². The SMILES string of the molecule is CC(C)CNc1ccc(-c2c(CN)ccc(CN)c2-c2ccc(NCC(C)C)cc2)cc1. The third kappa shape index (κ3) is 5.90. The third-order valence-electron chi connectivity index (χ3n) is 5.59. The number of nitrogens with one attached hydrogen (secondary N) is 2. The number of anilines is 2. The Balaban J connectivity index is 2.03. The van der Waals surface area contributed by atoms with Gasteiger partial charge in [0.1, 0.15) is 0 Å². The third-order valence-corrected chi connectivity index (χ3v) is 5.59. The van der Waals surface area contributed by atoms with E-state index in [4.69, 9.17) is 11.5 Å².